The van der Waals surface area contributed by atoms with Crippen LogP contribution in [0.5, 0.6) is 0 Å². The molecule has 1 aromatic rings. The average Bonchev–Trinajstić information content (AvgIpc) is 3.56. The van der Waals surface area contributed by atoms with Crippen LogP contribution < -0.4 is 0 Å². The third kappa shape index (κ3) is 3.02. The molecule has 0 radical (unpaired) electrons. The zero-order valence-corrected chi connectivity index (χ0v) is 21.9. The lowest BCUT2D eigenvalue weighted by Gasteiger charge is -2.56. The molecule has 0 spiro atoms. The number of allylic oxidation sites excluding steroid dienone is 5. The summed E-state index contributed by atoms with van der Waals surface area (Å²) in [6.45, 7) is 14.3. The summed E-state index contributed by atoms with van der Waals surface area (Å²) in [6, 6.07) is 6.78. The second kappa shape index (κ2) is 7.43. The highest BCUT2D eigenvalue weighted by Crippen LogP contribution is 2.71. The van der Waals surface area contributed by atoms with Crippen molar-refractivity contribution < 1.29 is 13.2 Å². The van der Waals surface area contributed by atoms with Gasteiger partial charge in [0.25, 0.3) is 5.03 Å². The Morgan fingerprint density at radius 3 is 2.51 bits per heavy atom. The quantitative estimate of drug-likeness (QED) is 0.422. The van der Waals surface area contributed by atoms with Gasteiger partial charge in [0.15, 0.2) is 5.78 Å². The lowest BCUT2D eigenvalue weighted by molar-refractivity contribution is -0.117. The van der Waals surface area contributed by atoms with Gasteiger partial charge in [-0.15, -0.1) is 0 Å². The van der Waals surface area contributed by atoms with Crippen LogP contribution in [0.3, 0.4) is 0 Å². The first kappa shape index (κ1) is 23.3. The van der Waals surface area contributed by atoms with E-state index in [1.807, 2.05) is 13.0 Å². The average molecular weight is 508 g/mol. The van der Waals surface area contributed by atoms with E-state index in [-0.39, 0.29) is 44.3 Å². The van der Waals surface area contributed by atoms with Gasteiger partial charge in [-0.3, -0.25) is 4.79 Å². The van der Waals surface area contributed by atoms with Crippen LogP contribution in [-0.4, -0.2) is 14.2 Å². The van der Waals surface area contributed by atoms with E-state index < -0.39 is 9.84 Å². The Kier molecular flexibility index (Phi) is 4.94. The second-order valence-electron chi connectivity index (χ2n) is 11.7. The first-order chi connectivity index (χ1) is 16.5. The minimum Gasteiger partial charge on any atom is -0.295 e. The van der Waals surface area contributed by atoms with Gasteiger partial charge < -0.3 is 0 Å². The maximum atomic E-state index is 13.6. The smallest absolute Gasteiger partial charge is 0.282 e. The molecule has 7 atom stereocenters. The normalized spacial score (nSPS) is 40.9. The van der Waals surface area contributed by atoms with E-state index >= 15 is 0 Å². The lowest BCUT2D eigenvalue weighted by atomic mass is 9.48. The third-order valence-electron chi connectivity index (χ3n) is 10.2. The van der Waals surface area contributed by atoms with Crippen LogP contribution in [0.4, 0.5) is 0 Å². The number of rotatable bonds is 2. The van der Waals surface area contributed by atoms with E-state index in [9.17, 15) is 13.2 Å². The van der Waals surface area contributed by atoms with Gasteiger partial charge in [-0.25, -0.2) is 13.3 Å². The summed E-state index contributed by atoms with van der Waals surface area (Å²) in [4.78, 5) is 16.3. The standard InChI is InChI=1S/C29H30ClNO3S/c1-16-5-7-17(8-6-16)35(33,34)27(31-4)22-10-9-20-18-14-25(30)24-15-26(32)19-13-23(19)29(24,3)21(18)11-12-28(20,22)2/h5-8,14-15,18-21,23H,9-13H2,1-3H3/t18-,19+,20-,21-,23-,28-,29-/m0/s1. The fourth-order valence-corrected chi connectivity index (χ4v) is 10.1. The van der Waals surface area contributed by atoms with Crippen LogP contribution in [0.1, 0.15) is 51.5 Å². The highest BCUT2D eigenvalue weighted by molar-refractivity contribution is 7.95. The van der Waals surface area contributed by atoms with Gasteiger partial charge in [0.2, 0.25) is 9.84 Å². The summed E-state index contributed by atoms with van der Waals surface area (Å²) in [6.07, 6.45) is 8.21. The molecule has 0 N–H and O–H groups in total. The summed E-state index contributed by atoms with van der Waals surface area (Å²) >= 11 is 6.86. The van der Waals surface area contributed by atoms with Crippen molar-refractivity contribution in [2.75, 3.05) is 0 Å². The number of nitrogens with zero attached hydrogens (tertiary/aromatic N) is 1. The van der Waals surface area contributed by atoms with Gasteiger partial charge in [-0.2, -0.15) is 0 Å². The van der Waals surface area contributed by atoms with Gasteiger partial charge in [0.1, 0.15) is 0 Å². The van der Waals surface area contributed by atoms with Crippen LogP contribution in [0.15, 0.2) is 62.5 Å². The number of ketones is 1. The molecule has 4 nitrogen and oxygen atoms in total. The zero-order chi connectivity index (χ0) is 24.9. The highest BCUT2D eigenvalue weighted by Gasteiger charge is 2.65. The molecule has 182 valence electrons. The van der Waals surface area contributed by atoms with Crippen molar-refractivity contribution in [1.82, 2.24) is 0 Å². The molecule has 0 heterocycles. The molecular weight excluding hydrogens is 478 g/mol. The monoisotopic (exact) mass is 507 g/mol. The summed E-state index contributed by atoms with van der Waals surface area (Å²) in [5.41, 5.74) is 2.36. The largest absolute Gasteiger partial charge is 0.295 e. The van der Waals surface area contributed by atoms with Crippen LogP contribution in [-0.2, 0) is 14.6 Å². The molecule has 0 aromatic heterocycles. The molecule has 3 saturated carbocycles. The van der Waals surface area contributed by atoms with E-state index in [0.29, 0.717) is 23.3 Å². The number of hydrogen-bond acceptors (Lipinski definition) is 3. The van der Waals surface area contributed by atoms with Crippen LogP contribution >= 0.6 is 11.6 Å². The second-order valence-corrected chi connectivity index (χ2v) is 14.0. The Balaban J connectivity index is 1.43. The van der Waals surface area contributed by atoms with E-state index in [1.165, 1.54) is 0 Å². The fourth-order valence-electron chi connectivity index (χ4n) is 8.25. The van der Waals surface area contributed by atoms with Crippen molar-refractivity contribution >= 4 is 27.2 Å². The van der Waals surface area contributed by atoms with Crippen molar-refractivity contribution in [3.63, 3.8) is 0 Å². The number of carbonyl (C=O) groups excluding carboxylic acids is 1. The minimum atomic E-state index is -3.88. The lowest BCUT2D eigenvalue weighted by Crippen LogP contribution is -2.49. The summed E-state index contributed by atoms with van der Waals surface area (Å²) in [5, 5.41) is 0.625. The van der Waals surface area contributed by atoms with Gasteiger partial charge in [0, 0.05) is 16.4 Å². The maximum absolute atomic E-state index is 13.6. The number of halogens is 1. The number of benzene rings is 1. The molecule has 0 bridgehead atoms. The summed E-state index contributed by atoms with van der Waals surface area (Å²) in [7, 11) is -3.88. The van der Waals surface area contributed by atoms with Crippen molar-refractivity contribution in [3.8, 4) is 0 Å². The molecule has 0 saturated heterocycles. The Hall–Kier alpha value is -2.16. The molecular formula is C29H30ClNO3S. The van der Waals surface area contributed by atoms with E-state index in [4.69, 9.17) is 18.2 Å². The molecule has 5 aliphatic carbocycles. The first-order valence-corrected chi connectivity index (χ1v) is 14.5. The number of carbonyl (C=O) groups is 1. The summed E-state index contributed by atoms with van der Waals surface area (Å²) in [5.74, 6) is 1.59. The fraction of sp³-hybridized carbons (Fsp3) is 0.517. The molecule has 0 amide bonds. The van der Waals surface area contributed by atoms with Crippen molar-refractivity contribution in [3.05, 3.63) is 74.6 Å². The van der Waals surface area contributed by atoms with Crippen LogP contribution in [0, 0.1) is 53.9 Å². The highest BCUT2D eigenvalue weighted by atomic mass is 35.5. The topological polar surface area (TPSA) is 55.6 Å². The molecule has 5 aliphatic rings. The SMILES string of the molecule is [C-]#[N+]C(=C1CC[C@H]2[C@@H]3C=C(Cl)C4=CC(=O)[C@@H]5C[C@@H]5[C@]4(C)[C@H]3CC[C@]12C)S(=O)(=O)c1ccc(C)cc1. The molecule has 0 unspecified atom stereocenters. The van der Waals surface area contributed by atoms with Gasteiger partial charge in [-0.1, -0.05) is 49.2 Å². The molecule has 1 aromatic carbocycles. The van der Waals surface area contributed by atoms with Gasteiger partial charge in [-0.05, 0) is 97.5 Å². The Morgan fingerprint density at radius 1 is 1.11 bits per heavy atom. The molecule has 0 aliphatic heterocycles. The molecule has 35 heavy (non-hydrogen) atoms. The molecule has 6 rings (SSSR count). The minimum absolute atomic E-state index is 0.0759. The predicted molar refractivity (Wildman–Crippen MR) is 136 cm³/mol. The molecule has 6 heteroatoms. The third-order valence-corrected chi connectivity index (χ3v) is 12.3. The van der Waals surface area contributed by atoms with Crippen LogP contribution in [0.2, 0.25) is 0 Å². The number of sulfone groups is 1. The summed E-state index contributed by atoms with van der Waals surface area (Å²) < 4.78 is 27.2. The number of hydrogen-bond donors (Lipinski definition) is 0. The van der Waals surface area contributed by atoms with E-state index in [2.05, 4.69) is 24.8 Å². The van der Waals surface area contributed by atoms with E-state index in [1.54, 1.807) is 24.3 Å². The number of aryl methyl sites for hydroxylation is 1. The molecule has 3 fully saturated rings. The zero-order valence-electron chi connectivity index (χ0n) is 20.3. The number of fused-ring (bicyclic) bond motifs is 7. The van der Waals surface area contributed by atoms with Crippen molar-refractivity contribution in [1.29, 1.82) is 0 Å². The van der Waals surface area contributed by atoms with Crippen LogP contribution in [0.25, 0.3) is 4.85 Å². The Labute approximate surface area is 212 Å². The van der Waals surface area contributed by atoms with Crippen molar-refractivity contribution in [2.24, 2.45) is 40.4 Å². The Morgan fingerprint density at radius 2 is 1.83 bits per heavy atom. The predicted octanol–water partition coefficient (Wildman–Crippen LogP) is 6.63. The van der Waals surface area contributed by atoms with Gasteiger partial charge in [0.05, 0.1) is 11.5 Å². The van der Waals surface area contributed by atoms with Gasteiger partial charge >= 0.3 is 0 Å². The maximum Gasteiger partial charge on any atom is 0.282 e. The first-order valence-electron chi connectivity index (χ1n) is 12.6. The van der Waals surface area contributed by atoms with E-state index in [0.717, 1.165) is 42.4 Å². The Bertz CT molecular complexity index is 1400. The van der Waals surface area contributed by atoms with Crippen molar-refractivity contribution in [2.45, 2.75) is 57.8 Å².